The normalized spacial score (nSPS) is 10.8. The van der Waals surface area contributed by atoms with Crippen LogP contribution in [0.25, 0.3) is 0 Å². The van der Waals surface area contributed by atoms with Crippen LogP contribution in [0.4, 0.5) is 5.69 Å². The third-order valence-electron chi connectivity index (χ3n) is 2.90. The molecule has 0 aliphatic rings. The van der Waals surface area contributed by atoms with Gasteiger partial charge in [-0.3, -0.25) is 5.43 Å². The molecule has 0 atom stereocenters. The van der Waals surface area contributed by atoms with Gasteiger partial charge in [0.1, 0.15) is 5.75 Å². The minimum Gasteiger partial charge on any atom is -0.493 e. The first-order chi connectivity index (χ1) is 10.3. The minimum absolute atomic E-state index is 0.0488. The molecule has 0 amide bonds. The lowest BCUT2D eigenvalue weighted by molar-refractivity contribution is 0.263. The van der Waals surface area contributed by atoms with E-state index in [1.165, 1.54) is 0 Å². The van der Waals surface area contributed by atoms with Gasteiger partial charge in [0, 0.05) is 5.56 Å². The van der Waals surface area contributed by atoms with Gasteiger partial charge in [0.2, 0.25) is 0 Å². The Morgan fingerprint density at radius 3 is 2.71 bits per heavy atom. The summed E-state index contributed by atoms with van der Waals surface area (Å²) in [6.45, 7) is 2.65. The highest BCUT2D eigenvalue weighted by Crippen LogP contribution is 2.20. The van der Waals surface area contributed by atoms with Gasteiger partial charge < -0.3 is 9.84 Å². The molecule has 0 saturated heterocycles. The molecular weight excluding hydrogens is 264 g/mol. The second kappa shape index (κ2) is 8.07. The van der Waals surface area contributed by atoms with Crippen LogP contribution in [0.5, 0.6) is 5.75 Å². The van der Waals surface area contributed by atoms with E-state index < -0.39 is 0 Å². The zero-order valence-corrected chi connectivity index (χ0v) is 12.1. The van der Waals surface area contributed by atoms with Crippen LogP contribution in [0, 0.1) is 0 Å². The van der Waals surface area contributed by atoms with E-state index in [0.29, 0.717) is 6.61 Å². The third kappa shape index (κ3) is 4.61. The summed E-state index contributed by atoms with van der Waals surface area (Å²) >= 11 is 0. The van der Waals surface area contributed by atoms with Gasteiger partial charge in [0.15, 0.2) is 0 Å². The van der Waals surface area contributed by atoms with Crippen LogP contribution in [-0.2, 0) is 6.61 Å². The topological polar surface area (TPSA) is 53.8 Å². The molecule has 4 heteroatoms. The zero-order chi connectivity index (χ0) is 14.9. The summed E-state index contributed by atoms with van der Waals surface area (Å²) in [5.74, 6) is 0.729. The minimum atomic E-state index is -0.0488. The average molecular weight is 284 g/mol. The summed E-state index contributed by atoms with van der Waals surface area (Å²) in [6.07, 6.45) is 2.66. The molecule has 0 heterocycles. The fraction of sp³-hybridized carbons (Fsp3) is 0.235. The molecular formula is C17H20N2O2. The monoisotopic (exact) mass is 284 g/mol. The summed E-state index contributed by atoms with van der Waals surface area (Å²) in [5.41, 5.74) is 5.56. The quantitative estimate of drug-likeness (QED) is 0.605. The maximum absolute atomic E-state index is 9.41. The van der Waals surface area contributed by atoms with Crippen molar-refractivity contribution in [2.45, 2.75) is 20.0 Å². The van der Waals surface area contributed by atoms with E-state index >= 15 is 0 Å². The summed E-state index contributed by atoms with van der Waals surface area (Å²) in [5, 5.41) is 13.6. The summed E-state index contributed by atoms with van der Waals surface area (Å²) in [6, 6.07) is 15.4. The highest BCUT2D eigenvalue weighted by Gasteiger charge is 2.03. The molecule has 2 aromatic carbocycles. The molecule has 110 valence electrons. The van der Waals surface area contributed by atoms with Crippen molar-refractivity contribution >= 4 is 11.9 Å². The number of aliphatic hydroxyl groups is 1. The van der Waals surface area contributed by atoms with Gasteiger partial charge >= 0.3 is 0 Å². The van der Waals surface area contributed by atoms with Crippen molar-refractivity contribution in [3.05, 3.63) is 59.7 Å². The zero-order valence-electron chi connectivity index (χ0n) is 12.1. The molecule has 21 heavy (non-hydrogen) atoms. The first kappa shape index (κ1) is 15.1. The SMILES string of the molecule is CCCOc1ccc(C=NNc2ccccc2)cc1CO. The van der Waals surface area contributed by atoms with Gasteiger partial charge in [0.05, 0.1) is 25.1 Å². The number of nitrogens with zero attached hydrogens (tertiary/aromatic N) is 1. The standard InChI is InChI=1S/C17H20N2O2/c1-2-10-21-17-9-8-14(11-15(17)13-20)12-18-19-16-6-4-3-5-7-16/h3-9,11-12,19-20H,2,10,13H2,1H3. The van der Waals surface area contributed by atoms with Crippen LogP contribution in [0.15, 0.2) is 53.6 Å². The van der Waals surface area contributed by atoms with Gasteiger partial charge in [-0.2, -0.15) is 5.10 Å². The Balaban J connectivity index is 2.03. The Kier molecular flexibility index (Phi) is 5.79. The largest absolute Gasteiger partial charge is 0.493 e. The van der Waals surface area contributed by atoms with Gasteiger partial charge in [-0.05, 0) is 42.3 Å². The number of hydrogen-bond donors (Lipinski definition) is 2. The lowest BCUT2D eigenvalue weighted by Crippen LogP contribution is -2.00. The molecule has 0 fully saturated rings. The number of anilines is 1. The van der Waals surface area contributed by atoms with Crippen LogP contribution >= 0.6 is 0 Å². The average Bonchev–Trinajstić information content (AvgIpc) is 2.54. The molecule has 0 spiro atoms. The lowest BCUT2D eigenvalue weighted by Gasteiger charge is -2.09. The molecule has 0 bridgehead atoms. The number of nitrogens with one attached hydrogen (secondary N) is 1. The van der Waals surface area contributed by atoms with E-state index in [-0.39, 0.29) is 6.61 Å². The van der Waals surface area contributed by atoms with Crippen molar-refractivity contribution in [3.8, 4) is 5.75 Å². The second-order valence-corrected chi connectivity index (χ2v) is 4.61. The predicted octanol–water partition coefficient (Wildman–Crippen LogP) is 3.41. The van der Waals surface area contributed by atoms with Crippen molar-refractivity contribution < 1.29 is 9.84 Å². The number of rotatable bonds is 7. The molecule has 2 aromatic rings. The molecule has 0 saturated carbocycles. The molecule has 0 aliphatic heterocycles. The van der Waals surface area contributed by atoms with Crippen molar-refractivity contribution in [3.63, 3.8) is 0 Å². The Hall–Kier alpha value is -2.33. The van der Waals surface area contributed by atoms with Crippen LogP contribution in [0.2, 0.25) is 0 Å². The first-order valence-corrected chi connectivity index (χ1v) is 7.04. The number of hydrogen-bond acceptors (Lipinski definition) is 4. The molecule has 0 aliphatic carbocycles. The third-order valence-corrected chi connectivity index (χ3v) is 2.90. The molecule has 0 aromatic heterocycles. The predicted molar refractivity (Wildman–Crippen MR) is 85.8 cm³/mol. The summed E-state index contributed by atoms with van der Waals surface area (Å²) < 4.78 is 5.59. The van der Waals surface area contributed by atoms with Crippen molar-refractivity contribution in [1.29, 1.82) is 0 Å². The Bertz CT molecular complexity index is 583. The van der Waals surface area contributed by atoms with Crippen molar-refractivity contribution in [2.24, 2.45) is 5.10 Å². The Labute approximate surface area is 125 Å². The molecule has 2 N–H and O–H groups in total. The fourth-order valence-electron chi connectivity index (χ4n) is 1.85. The van der Waals surface area contributed by atoms with Crippen LogP contribution in [0.1, 0.15) is 24.5 Å². The van der Waals surface area contributed by atoms with Crippen LogP contribution in [0.3, 0.4) is 0 Å². The maximum Gasteiger partial charge on any atom is 0.124 e. The van der Waals surface area contributed by atoms with E-state index in [1.54, 1.807) is 6.21 Å². The van der Waals surface area contributed by atoms with Gasteiger partial charge in [-0.25, -0.2) is 0 Å². The highest BCUT2D eigenvalue weighted by molar-refractivity contribution is 5.81. The molecule has 4 nitrogen and oxygen atoms in total. The summed E-state index contributed by atoms with van der Waals surface area (Å²) in [7, 11) is 0. The Morgan fingerprint density at radius 1 is 1.19 bits per heavy atom. The smallest absolute Gasteiger partial charge is 0.124 e. The van der Waals surface area contributed by atoms with Gasteiger partial charge in [-0.15, -0.1) is 0 Å². The van der Waals surface area contributed by atoms with E-state index in [0.717, 1.165) is 29.0 Å². The van der Waals surface area contributed by atoms with E-state index in [9.17, 15) is 5.11 Å². The van der Waals surface area contributed by atoms with E-state index in [2.05, 4.69) is 17.5 Å². The van der Waals surface area contributed by atoms with Crippen LogP contribution < -0.4 is 10.2 Å². The van der Waals surface area contributed by atoms with E-state index in [4.69, 9.17) is 4.74 Å². The number of benzene rings is 2. The van der Waals surface area contributed by atoms with Crippen LogP contribution in [-0.4, -0.2) is 17.9 Å². The highest BCUT2D eigenvalue weighted by atomic mass is 16.5. The van der Waals surface area contributed by atoms with Gasteiger partial charge in [-0.1, -0.05) is 25.1 Å². The fourth-order valence-corrected chi connectivity index (χ4v) is 1.85. The number of aliphatic hydroxyl groups excluding tert-OH is 1. The molecule has 2 rings (SSSR count). The van der Waals surface area contributed by atoms with E-state index in [1.807, 2.05) is 48.5 Å². The van der Waals surface area contributed by atoms with Crippen molar-refractivity contribution in [1.82, 2.24) is 0 Å². The van der Waals surface area contributed by atoms with Crippen molar-refractivity contribution in [2.75, 3.05) is 12.0 Å². The molecule has 0 radical (unpaired) electrons. The number of para-hydroxylation sites is 1. The number of ether oxygens (including phenoxy) is 1. The molecule has 0 unspecified atom stereocenters. The summed E-state index contributed by atoms with van der Waals surface area (Å²) in [4.78, 5) is 0. The number of hydrazone groups is 1. The Morgan fingerprint density at radius 2 is 2.00 bits per heavy atom. The maximum atomic E-state index is 9.41. The lowest BCUT2D eigenvalue weighted by atomic mass is 10.1. The van der Waals surface area contributed by atoms with Gasteiger partial charge in [0.25, 0.3) is 0 Å². The first-order valence-electron chi connectivity index (χ1n) is 7.04. The second-order valence-electron chi connectivity index (χ2n) is 4.61.